The van der Waals surface area contributed by atoms with E-state index in [0.29, 0.717) is 55.4 Å². The molecule has 8 nitrogen and oxygen atoms in total. The second-order valence-corrected chi connectivity index (χ2v) is 7.89. The fourth-order valence-electron chi connectivity index (χ4n) is 3.86. The molecule has 1 aliphatic heterocycles. The number of benzene rings is 1. The van der Waals surface area contributed by atoms with Gasteiger partial charge in [-0.15, -0.1) is 0 Å². The number of oxazole rings is 1. The first-order valence-corrected chi connectivity index (χ1v) is 10.9. The fourth-order valence-corrected chi connectivity index (χ4v) is 4.03. The zero-order chi connectivity index (χ0) is 21.7. The molecule has 1 aromatic heterocycles. The van der Waals surface area contributed by atoms with E-state index in [-0.39, 0.29) is 24.8 Å². The number of fused-ring (bicyclic) bond motifs is 1. The molecule has 2 heterocycles. The predicted molar refractivity (Wildman–Crippen MR) is 116 cm³/mol. The predicted octanol–water partition coefficient (Wildman–Crippen LogP) is 2.04. The van der Waals surface area contributed by atoms with Crippen LogP contribution in [0.25, 0.3) is 11.1 Å². The lowest BCUT2D eigenvalue weighted by Gasteiger charge is -2.25. The number of rotatable bonds is 7. The van der Waals surface area contributed by atoms with Crippen molar-refractivity contribution in [2.45, 2.75) is 33.2 Å². The Morgan fingerprint density at radius 2 is 1.90 bits per heavy atom. The van der Waals surface area contributed by atoms with Gasteiger partial charge in [-0.3, -0.25) is 19.1 Å². The third kappa shape index (κ3) is 5.23. The fraction of sp³-hybridized carbons (Fsp3) is 0.571. The molecule has 0 radical (unpaired) electrons. The molecule has 0 spiro atoms. The van der Waals surface area contributed by atoms with Gasteiger partial charge in [0.1, 0.15) is 0 Å². The lowest BCUT2D eigenvalue weighted by Crippen LogP contribution is -2.42. The van der Waals surface area contributed by atoms with E-state index in [1.807, 2.05) is 23.6 Å². The highest BCUT2D eigenvalue weighted by molar-refractivity contribution is 6.31. The number of halogens is 1. The summed E-state index contributed by atoms with van der Waals surface area (Å²) in [5, 5.41) is 0.494. The third-order valence-electron chi connectivity index (χ3n) is 5.60. The van der Waals surface area contributed by atoms with Gasteiger partial charge in [0.05, 0.1) is 12.1 Å². The molecule has 164 valence electrons. The number of amides is 2. The Balaban J connectivity index is 1.55. The molecule has 0 unspecified atom stereocenters. The molecule has 0 saturated carbocycles. The molecule has 0 bridgehead atoms. The van der Waals surface area contributed by atoms with Gasteiger partial charge >= 0.3 is 5.76 Å². The number of nitrogens with zero attached hydrogens (tertiary/aromatic N) is 4. The Hall–Kier alpha value is -2.32. The maximum absolute atomic E-state index is 12.7. The van der Waals surface area contributed by atoms with E-state index >= 15 is 0 Å². The van der Waals surface area contributed by atoms with Crippen molar-refractivity contribution in [2.75, 3.05) is 45.8 Å². The second-order valence-electron chi connectivity index (χ2n) is 7.46. The minimum Gasteiger partial charge on any atom is -0.408 e. The summed E-state index contributed by atoms with van der Waals surface area (Å²) >= 11 is 5.94. The van der Waals surface area contributed by atoms with Crippen LogP contribution in [-0.2, 0) is 16.1 Å². The molecule has 0 atom stereocenters. The van der Waals surface area contributed by atoms with Crippen LogP contribution < -0.4 is 5.76 Å². The van der Waals surface area contributed by atoms with Gasteiger partial charge < -0.3 is 14.2 Å². The van der Waals surface area contributed by atoms with Crippen molar-refractivity contribution in [3.05, 3.63) is 33.8 Å². The number of carbonyl (C=O) groups is 2. The summed E-state index contributed by atoms with van der Waals surface area (Å²) in [6.45, 7) is 8.74. The summed E-state index contributed by atoms with van der Waals surface area (Å²) in [4.78, 5) is 43.0. The van der Waals surface area contributed by atoms with Crippen LogP contribution >= 0.6 is 11.6 Å². The summed E-state index contributed by atoms with van der Waals surface area (Å²) in [5.74, 6) is -0.356. The molecule has 2 aromatic rings. The first kappa shape index (κ1) is 22.4. The molecule has 2 amide bonds. The molecule has 3 rings (SSSR count). The van der Waals surface area contributed by atoms with Crippen LogP contribution in [0.4, 0.5) is 0 Å². The first-order valence-electron chi connectivity index (χ1n) is 10.5. The molecule has 30 heavy (non-hydrogen) atoms. The molecule has 1 saturated heterocycles. The third-order valence-corrected chi connectivity index (χ3v) is 5.83. The second kappa shape index (κ2) is 10.1. The van der Waals surface area contributed by atoms with Crippen LogP contribution in [-0.4, -0.2) is 76.9 Å². The largest absolute Gasteiger partial charge is 0.419 e. The summed E-state index contributed by atoms with van der Waals surface area (Å²) in [6, 6.07) is 5.02. The van der Waals surface area contributed by atoms with Crippen molar-refractivity contribution < 1.29 is 14.0 Å². The highest BCUT2D eigenvalue weighted by atomic mass is 35.5. The van der Waals surface area contributed by atoms with E-state index in [1.165, 1.54) is 4.57 Å². The summed E-state index contributed by atoms with van der Waals surface area (Å²) in [6.07, 6.45) is 1.04. The van der Waals surface area contributed by atoms with E-state index in [2.05, 4.69) is 4.90 Å². The van der Waals surface area contributed by atoms with Crippen LogP contribution in [0.15, 0.2) is 27.4 Å². The number of aryl methyl sites for hydroxylation is 1. The van der Waals surface area contributed by atoms with E-state index in [4.69, 9.17) is 16.0 Å². The Morgan fingerprint density at radius 3 is 2.63 bits per heavy atom. The highest BCUT2D eigenvalue weighted by Gasteiger charge is 2.22. The van der Waals surface area contributed by atoms with Crippen LogP contribution in [0.1, 0.15) is 26.7 Å². The molecule has 1 aromatic carbocycles. The summed E-state index contributed by atoms with van der Waals surface area (Å²) < 4.78 is 6.69. The van der Waals surface area contributed by atoms with Crippen LogP contribution in [0.2, 0.25) is 5.02 Å². The number of aromatic nitrogens is 1. The number of carbonyl (C=O) groups excluding carboxylic acids is 2. The normalized spacial score (nSPS) is 15.4. The number of likely N-dealkylation sites (N-methyl/N-ethyl adjacent to an activating group) is 1. The maximum atomic E-state index is 12.7. The minimum absolute atomic E-state index is 0.00197. The van der Waals surface area contributed by atoms with Gasteiger partial charge in [0.25, 0.3) is 0 Å². The Bertz CT molecular complexity index is 950. The van der Waals surface area contributed by atoms with E-state index < -0.39 is 5.76 Å². The lowest BCUT2D eigenvalue weighted by atomic mass is 10.3. The smallest absolute Gasteiger partial charge is 0.408 e. The van der Waals surface area contributed by atoms with Crippen molar-refractivity contribution in [1.29, 1.82) is 0 Å². The zero-order valence-electron chi connectivity index (χ0n) is 17.6. The molecule has 9 heteroatoms. The summed E-state index contributed by atoms with van der Waals surface area (Å²) in [7, 11) is 0. The topological polar surface area (TPSA) is 79.0 Å². The molecular weight excluding hydrogens is 408 g/mol. The Labute approximate surface area is 181 Å². The molecule has 1 fully saturated rings. The van der Waals surface area contributed by atoms with Crippen molar-refractivity contribution in [1.82, 2.24) is 19.3 Å². The van der Waals surface area contributed by atoms with E-state index in [1.54, 1.807) is 18.2 Å². The van der Waals surface area contributed by atoms with E-state index in [0.717, 1.165) is 13.0 Å². The number of hydrogen-bond donors (Lipinski definition) is 0. The molecule has 0 aliphatic carbocycles. The van der Waals surface area contributed by atoms with Gasteiger partial charge in [0.2, 0.25) is 11.8 Å². The quantitative estimate of drug-likeness (QED) is 0.663. The van der Waals surface area contributed by atoms with Gasteiger partial charge in [-0.25, -0.2) is 4.79 Å². The maximum Gasteiger partial charge on any atom is 0.419 e. The Kier molecular flexibility index (Phi) is 7.55. The van der Waals surface area contributed by atoms with Gasteiger partial charge in [-0.05, 0) is 32.4 Å². The standard InChI is InChI=1S/C21H29ClN4O4/c1-3-24(4-2)20(28)15-23-9-5-10-25(13-12-23)19(27)8-11-26-17-7-6-16(22)14-18(17)30-21(26)29/h6-7,14H,3-5,8-13,15H2,1-2H3. The average molecular weight is 437 g/mol. The van der Waals surface area contributed by atoms with Crippen LogP contribution in [0, 0.1) is 0 Å². The molecular formula is C21H29ClN4O4. The average Bonchev–Trinajstić information content (AvgIpc) is 2.87. The SMILES string of the molecule is CCN(CC)C(=O)CN1CCCN(C(=O)CCn2c(=O)oc3cc(Cl)ccc32)CC1. The van der Waals surface area contributed by atoms with Crippen molar-refractivity contribution in [3.8, 4) is 0 Å². The van der Waals surface area contributed by atoms with Gasteiger partial charge in [0.15, 0.2) is 5.58 Å². The number of hydrogen-bond acceptors (Lipinski definition) is 5. The van der Waals surface area contributed by atoms with Gasteiger partial charge in [-0.2, -0.15) is 0 Å². The lowest BCUT2D eigenvalue weighted by molar-refractivity contribution is -0.132. The van der Waals surface area contributed by atoms with Crippen LogP contribution in [0.5, 0.6) is 0 Å². The Morgan fingerprint density at radius 1 is 1.13 bits per heavy atom. The molecule has 0 N–H and O–H groups in total. The van der Waals surface area contributed by atoms with Crippen LogP contribution in [0.3, 0.4) is 0 Å². The zero-order valence-corrected chi connectivity index (χ0v) is 18.4. The van der Waals surface area contributed by atoms with E-state index in [9.17, 15) is 14.4 Å². The van der Waals surface area contributed by atoms with Gasteiger partial charge in [0, 0.05) is 63.3 Å². The first-order chi connectivity index (χ1) is 14.4. The minimum atomic E-state index is -0.489. The highest BCUT2D eigenvalue weighted by Crippen LogP contribution is 2.18. The van der Waals surface area contributed by atoms with Gasteiger partial charge in [-0.1, -0.05) is 11.6 Å². The van der Waals surface area contributed by atoms with Crippen molar-refractivity contribution in [2.24, 2.45) is 0 Å². The molecule has 1 aliphatic rings. The van der Waals surface area contributed by atoms with Crippen molar-refractivity contribution in [3.63, 3.8) is 0 Å². The van der Waals surface area contributed by atoms with Crippen molar-refractivity contribution >= 4 is 34.5 Å². The summed E-state index contributed by atoms with van der Waals surface area (Å²) in [5.41, 5.74) is 1.05. The monoisotopic (exact) mass is 436 g/mol.